The summed E-state index contributed by atoms with van der Waals surface area (Å²) in [6.45, 7) is 3.28. The number of carbonyl (C=O) groups is 2. The van der Waals surface area contributed by atoms with Crippen LogP contribution in [0.1, 0.15) is 23.6 Å². The standard InChI is InChI=1S/C18H18F3NO9/c1-9-6-10(2)14-12(7-9)8-13(15(31-14)18(19,20)21)16(23)29-11(3)30-17(24)27-4-5-28-22(25)26/h6-8,11,15H,4-5H2,1-3H3/t11?,15-/m0/s1. The molecule has 0 spiro atoms. The van der Waals surface area contributed by atoms with Crippen molar-refractivity contribution in [2.75, 3.05) is 13.2 Å². The van der Waals surface area contributed by atoms with Gasteiger partial charge in [-0.1, -0.05) is 11.6 Å². The van der Waals surface area contributed by atoms with Gasteiger partial charge in [0.15, 0.2) is 0 Å². The maximum Gasteiger partial charge on any atom is 0.511 e. The Morgan fingerprint density at radius 1 is 1.23 bits per heavy atom. The SMILES string of the molecule is Cc1cc(C)c2c(c1)C=C(C(=O)OC(C)OC(=O)OCCO[N+](=O)[O-])[C@@H](C(F)(F)F)O2. The summed E-state index contributed by atoms with van der Waals surface area (Å²) in [5.41, 5.74) is 0.653. The summed E-state index contributed by atoms with van der Waals surface area (Å²) in [6, 6.07) is 3.19. The van der Waals surface area contributed by atoms with Gasteiger partial charge in [0.1, 0.15) is 19.0 Å². The van der Waals surface area contributed by atoms with Crippen molar-refractivity contribution in [3.63, 3.8) is 0 Å². The molecule has 0 radical (unpaired) electrons. The molecule has 31 heavy (non-hydrogen) atoms. The van der Waals surface area contributed by atoms with E-state index in [2.05, 4.69) is 14.3 Å². The molecule has 1 unspecified atom stereocenters. The van der Waals surface area contributed by atoms with Gasteiger partial charge in [-0.3, -0.25) is 0 Å². The summed E-state index contributed by atoms with van der Waals surface area (Å²) >= 11 is 0. The van der Waals surface area contributed by atoms with E-state index in [-0.39, 0.29) is 11.3 Å². The van der Waals surface area contributed by atoms with Crippen molar-refractivity contribution in [3.05, 3.63) is 44.5 Å². The number of esters is 1. The van der Waals surface area contributed by atoms with Gasteiger partial charge in [-0.25, -0.2) is 9.59 Å². The van der Waals surface area contributed by atoms with E-state index >= 15 is 0 Å². The number of hydrogen-bond donors (Lipinski definition) is 0. The second kappa shape index (κ2) is 9.53. The summed E-state index contributed by atoms with van der Waals surface area (Å²) in [5.74, 6) is -1.42. The molecule has 13 heteroatoms. The van der Waals surface area contributed by atoms with Crippen molar-refractivity contribution in [2.45, 2.75) is 39.3 Å². The summed E-state index contributed by atoms with van der Waals surface area (Å²) in [5, 5.41) is 8.86. The first-order valence-electron chi connectivity index (χ1n) is 8.76. The lowest BCUT2D eigenvalue weighted by Gasteiger charge is -2.29. The van der Waals surface area contributed by atoms with Crippen molar-refractivity contribution in [2.24, 2.45) is 0 Å². The lowest BCUT2D eigenvalue weighted by molar-refractivity contribution is -0.757. The molecule has 1 aliphatic heterocycles. The smallest absolute Gasteiger partial charge is 0.475 e. The molecule has 0 N–H and O–H groups in total. The highest BCUT2D eigenvalue weighted by molar-refractivity contribution is 5.96. The van der Waals surface area contributed by atoms with Crippen molar-refractivity contribution in [1.82, 2.24) is 0 Å². The Bertz CT molecular complexity index is 898. The third-order valence-electron chi connectivity index (χ3n) is 3.85. The van der Waals surface area contributed by atoms with E-state index in [0.29, 0.717) is 5.56 Å². The predicted molar refractivity (Wildman–Crippen MR) is 95.3 cm³/mol. The van der Waals surface area contributed by atoms with Crippen LogP contribution in [-0.4, -0.2) is 49.0 Å². The quantitative estimate of drug-likeness (QED) is 0.203. The molecule has 170 valence electrons. The van der Waals surface area contributed by atoms with Crippen LogP contribution in [0.25, 0.3) is 6.08 Å². The van der Waals surface area contributed by atoms with Gasteiger partial charge in [-0.2, -0.15) is 13.2 Å². The van der Waals surface area contributed by atoms with E-state index in [0.717, 1.165) is 18.6 Å². The largest absolute Gasteiger partial charge is 0.511 e. The van der Waals surface area contributed by atoms with E-state index in [1.54, 1.807) is 26.0 Å². The van der Waals surface area contributed by atoms with E-state index in [4.69, 9.17) is 9.47 Å². The second-order valence-corrected chi connectivity index (χ2v) is 6.39. The fourth-order valence-corrected chi connectivity index (χ4v) is 2.74. The number of alkyl halides is 3. The van der Waals surface area contributed by atoms with Gasteiger partial charge >= 0.3 is 18.3 Å². The zero-order chi connectivity index (χ0) is 23.3. The van der Waals surface area contributed by atoms with Gasteiger partial charge in [0.2, 0.25) is 12.4 Å². The van der Waals surface area contributed by atoms with Crippen molar-refractivity contribution in [3.8, 4) is 5.75 Å². The Balaban J connectivity index is 2.09. The molecule has 1 aromatic rings. The zero-order valence-electron chi connectivity index (χ0n) is 16.6. The van der Waals surface area contributed by atoms with Crippen LogP contribution in [0.3, 0.4) is 0 Å². The monoisotopic (exact) mass is 449 g/mol. The van der Waals surface area contributed by atoms with Crippen molar-refractivity contribution < 1.29 is 51.6 Å². The van der Waals surface area contributed by atoms with Gasteiger partial charge in [-0.05, 0) is 31.6 Å². The van der Waals surface area contributed by atoms with Crippen LogP contribution in [0.4, 0.5) is 18.0 Å². The number of nitrogens with zero attached hydrogens (tertiary/aromatic N) is 1. The van der Waals surface area contributed by atoms with Gasteiger partial charge in [0.05, 0.1) is 5.57 Å². The van der Waals surface area contributed by atoms with E-state index in [1.807, 2.05) is 0 Å². The third kappa shape index (κ3) is 6.49. The summed E-state index contributed by atoms with van der Waals surface area (Å²) in [6.07, 6.45) is -9.47. The number of ether oxygens (including phenoxy) is 4. The third-order valence-corrected chi connectivity index (χ3v) is 3.85. The number of benzene rings is 1. The second-order valence-electron chi connectivity index (χ2n) is 6.39. The molecule has 0 aliphatic carbocycles. The molecule has 2 atom stereocenters. The molecule has 0 fully saturated rings. The first-order valence-corrected chi connectivity index (χ1v) is 8.76. The minimum absolute atomic E-state index is 0.00528. The van der Waals surface area contributed by atoms with Gasteiger partial charge in [-0.15, -0.1) is 10.1 Å². The first kappa shape index (κ1) is 23.8. The average molecular weight is 449 g/mol. The molecule has 0 saturated heterocycles. The molecule has 1 aromatic carbocycles. The molecule has 0 bridgehead atoms. The lowest BCUT2D eigenvalue weighted by atomic mass is 9.97. The van der Waals surface area contributed by atoms with Gasteiger partial charge in [0, 0.05) is 12.5 Å². The highest BCUT2D eigenvalue weighted by atomic mass is 19.4. The number of carbonyl (C=O) groups excluding carboxylic acids is 2. The maximum absolute atomic E-state index is 13.5. The molecule has 0 amide bonds. The highest BCUT2D eigenvalue weighted by Crippen LogP contribution is 2.39. The number of halogens is 3. The van der Waals surface area contributed by atoms with Crippen LogP contribution in [0.5, 0.6) is 5.75 Å². The zero-order valence-corrected chi connectivity index (χ0v) is 16.6. The molecular weight excluding hydrogens is 431 g/mol. The fourth-order valence-electron chi connectivity index (χ4n) is 2.74. The summed E-state index contributed by atoms with van der Waals surface area (Å²) in [4.78, 5) is 37.7. The molecular formula is C18H18F3NO9. The van der Waals surface area contributed by atoms with Crippen molar-refractivity contribution >= 4 is 18.2 Å². The topological polar surface area (TPSA) is 123 Å². The lowest BCUT2D eigenvalue weighted by Crippen LogP contribution is -2.41. The van der Waals surface area contributed by atoms with Crippen molar-refractivity contribution in [1.29, 1.82) is 0 Å². The van der Waals surface area contributed by atoms with E-state index < -0.39 is 54.6 Å². The Labute approximate surface area is 173 Å². The predicted octanol–water partition coefficient (Wildman–Crippen LogP) is 3.26. The number of fused-ring (bicyclic) bond motifs is 1. The van der Waals surface area contributed by atoms with E-state index in [9.17, 15) is 32.9 Å². The maximum atomic E-state index is 13.5. The molecule has 1 heterocycles. The summed E-state index contributed by atoms with van der Waals surface area (Å²) in [7, 11) is 0. The average Bonchev–Trinajstić information content (AvgIpc) is 2.63. The molecule has 0 saturated carbocycles. The van der Waals surface area contributed by atoms with Crippen LogP contribution in [0, 0.1) is 24.0 Å². The summed E-state index contributed by atoms with van der Waals surface area (Å²) < 4.78 is 59.3. The fraction of sp³-hybridized carbons (Fsp3) is 0.444. The van der Waals surface area contributed by atoms with E-state index in [1.165, 1.54) is 0 Å². The molecule has 0 aromatic heterocycles. The van der Waals surface area contributed by atoms with Gasteiger partial charge in [0.25, 0.3) is 5.09 Å². The first-order chi connectivity index (χ1) is 14.4. The van der Waals surface area contributed by atoms with Gasteiger partial charge < -0.3 is 23.8 Å². The Kier molecular flexibility index (Phi) is 7.31. The van der Waals surface area contributed by atoms with Crippen LogP contribution >= 0.6 is 0 Å². The Hall–Kier alpha value is -3.51. The highest BCUT2D eigenvalue weighted by Gasteiger charge is 2.49. The molecule has 1 aliphatic rings. The number of hydrogen-bond acceptors (Lipinski definition) is 9. The normalized spacial score (nSPS) is 16.2. The van der Waals surface area contributed by atoms with Crippen LogP contribution in [0.2, 0.25) is 0 Å². The van der Waals surface area contributed by atoms with Crippen LogP contribution in [0.15, 0.2) is 17.7 Å². The Morgan fingerprint density at radius 2 is 1.90 bits per heavy atom. The molecule has 10 nitrogen and oxygen atoms in total. The van der Waals surface area contributed by atoms with Crippen LogP contribution < -0.4 is 4.74 Å². The Morgan fingerprint density at radius 3 is 2.52 bits per heavy atom. The number of aryl methyl sites for hydroxylation is 2. The minimum Gasteiger partial charge on any atom is -0.475 e. The van der Waals surface area contributed by atoms with Crippen LogP contribution in [-0.2, 0) is 23.8 Å². The minimum atomic E-state index is -4.92. The molecule has 2 rings (SSSR count). The number of rotatable bonds is 7.